The number of hydrogen-bond acceptors (Lipinski definition) is 36. The van der Waals surface area contributed by atoms with Gasteiger partial charge < -0.3 is 116 Å². The Morgan fingerprint density at radius 2 is 0.667 bits per heavy atom. The van der Waals surface area contributed by atoms with Crippen LogP contribution in [0.3, 0.4) is 0 Å². The number of nitrogens with two attached hydrogens (primary N) is 11. The molecule has 4 aromatic heterocycles. The largest absolute Gasteiger partial charge is 0.478 e. The Balaban J connectivity index is 0.000000759. The number of methoxy groups -OCH3 is 10. The summed E-state index contributed by atoms with van der Waals surface area (Å²) in [5.74, 6) is -11.0. The van der Waals surface area contributed by atoms with E-state index in [-0.39, 0.29) is 84.0 Å². The van der Waals surface area contributed by atoms with E-state index >= 15 is 0 Å². The second kappa shape index (κ2) is 66.8. The van der Waals surface area contributed by atoms with E-state index in [1.807, 2.05) is 18.2 Å². The molecule has 0 amide bonds. The summed E-state index contributed by atoms with van der Waals surface area (Å²) in [6, 6.07) is 48.3. The predicted octanol–water partition coefficient (Wildman–Crippen LogP) is 8.89. The van der Waals surface area contributed by atoms with Crippen LogP contribution in [-0.4, -0.2) is 162 Å². The Labute approximate surface area is 790 Å². The van der Waals surface area contributed by atoms with Crippen molar-refractivity contribution in [3.63, 3.8) is 0 Å². The van der Waals surface area contributed by atoms with Crippen LogP contribution in [0.25, 0.3) is 0 Å². The fraction of sp³-hybridized carbons (Fsp3) is 0.232. The van der Waals surface area contributed by atoms with E-state index in [2.05, 4.69) is 67.3 Å². The van der Waals surface area contributed by atoms with Gasteiger partial charge in [-0.2, -0.15) is 0 Å². The van der Waals surface area contributed by atoms with Crippen molar-refractivity contribution in [3.05, 3.63) is 364 Å². The number of aromatic carboxylic acids is 1. The molecule has 0 spiro atoms. The third-order valence-electron chi connectivity index (χ3n) is 17.7. The monoisotopic (exact) mass is 1930 g/mol. The van der Waals surface area contributed by atoms with Gasteiger partial charge in [0.15, 0.2) is 11.6 Å². The van der Waals surface area contributed by atoms with Crippen LogP contribution < -0.4 is 63.1 Å². The fourth-order valence-electron chi connectivity index (χ4n) is 10.3. The Morgan fingerprint density at radius 3 is 1.17 bits per heavy atom. The molecule has 0 unspecified atom stereocenters. The lowest BCUT2D eigenvalue weighted by Gasteiger charge is -2.04. The van der Waals surface area contributed by atoms with Crippen molar-refractivity contribution in [2.24, 2.45) is 63.1 Å². The zero-order chi connectivity index (χ0) is 104. The van der Waals surface area contributed by atoms with Crippen LogP contribution in [-0.2, 0) is 119 Å². The minimum Gasteiger partial charge on any atom is -0.478 e. The molecular formula is C95H111F6N15O22. The quantitative estimate of drug-likeness (QED) is 0.0171. The third kappa shape index (κ3) is 41.1. The van der Waals surface area contributed by atoms with Gasteiger partial charge in [0.2, 0.25) is 0 Å². The molecule has 0 aliphatic rings. The first-order valence-electron chi connectivity index (χ1n) is 40.3. The standard InChI is InChI=1S/C9H9F2NO2.4C9H10FNO2.2C9H11NO2.4C8H10N2O2/c1-14-9(13)6-3-2-5(4-12)7(10)8(6)11;1-13-9(12)6-2-3-7(5-11)8(10)4-6;1-13-9(12)7-4-6(5-11)2-3-8(7)10;1-13-9(12)7-3-2-6(5-11)4-8(7)10;1-13-9(12)7-4-2-3-6(5-11)8(7)10;1-12-9(11)8-4-2-3-7(5-8)6-10;1-12-9(11)8-5-3-2-4-7(8)6-10;1-12-8(11)6-2-3-10-7(4-6)5-9;1-12-8(11)7-4-6(5-9)2-3-10-7;1-5-7(8(11)12)3-2-6(4-9)10-5;1-12-8(11)7-4-2-3-6(5-9)10-7/h2-3H,4,12H2,1H3;4*2-4H,5,11H2,1H3;2*2-5H,6,10H2,1H3;2*2-4H,5,9H2,1H3;2-3H,4,9H2,1H3,(H,11,12);2-4H,5,9H2,1H3. The van der Waals surface area contributed by atoms with Crippen molar-refractivity contribution in [3.8, 4) is 0 Å². The first-order valence-corrected chi connectivity index (χ1v) is 40.3. The maximum Gasteiger partial charge on any atom is 0.356 e. The van der Waals surface area contributed by atoms with Crippen LogP contribution in [0, 0.1) is 41.8 Å². The molecular weight excluding hydrogens is 1820 g/mol. The van der Waals surface area contributed by atoms with Crippen molar-refractivity contribution < 1.29 is 132 Å². The number of nitrogens with zero attached hydrogens (tertiary/aromatic N) is 4. The fourth-order valence-corrected chi connectivity index (χ4v) is 10.3. The summed E-state index contributed by atoms with van der Waals surface area (Å²) >= 11 is 0. The van der Waals surface area contributed by atoms with Gasteiger partial charge in [0.25, 0.3) is 0 Å². The van der Waals surface area contributed by atoms with E-state index in [0.29, 0.717) is 112 Å². The van der Waals surface area contributed by atoms with Gasteiger partial charge >= 0.3 is 65.7 Å². The van der Waals surface area contributed by atoms with Crippen LogP contribution in [0.15, 0.2) is 200 Å². The van der Waals surface area contributed by atoms with Gasteiger partial charge in [-0.05, 0) is 150 Å². The summed E-state index contributed by atoms with van der Waals surface area (Å²) in [4.78, 5) is 136. The topological polar surface area (TPSA) is 638 Å². The number of hydrogen-bond donors (Lipinski definition) is 12. The Bertz CT molecular complexity index is 5560. The normalized spacial score (nSPS) is 9.68. The summed E-state index contributed by atoms with van der Waals surface area (Å²) in [6.45, 7) is 4.40. The average Bonchev–Trinajstić information content (AvgIpc) is 0.827. The molecule has 0 aliphatic heterocycles. The summed E-state index contributed by atoms with van der Waals surface area (Å²) < 4.78 is 123. The molecule has 37 nitrogen and oxygen atoms in total. The number of rotatable bonds is 22. The number of pyridine rings is 4. The number of carbonyl (C=O) groups is 11. The number of benzene rings is 7. The SMILES string of the molecule is COC(=O)c1cc(CN)ccc1F.COC(=O)c1cc(CN)ccn1.COC(=O)c1ccc(CN)c(F)c1.COC(=O)c1ccc(CN)c(F)c1F.COC(=O)c1ccc(CN)cc1F.COC(=O)c1cccc(CN)c1.COC(=O)c1cccc(CN)c1F.COC(=O)c1cccc(CN)n1.COC(=O)c1ccccc1CN.COC(=O)c1ccnc(CN)c1.Cc1nc(CN)ccc1C(=O)O. The van der Waals surface area contributed by atoms with Gasteiger partial charge in [0.05, 0.1) is 144 Å². The lowest BCUT2D eigenvalue weighted by atomic mass is 10.1. The van der Waals surface area contributed by atoms with Crippen molar-refractivity contribution >= 4 is 65.7 Å². The van der Waals surface area contributed by atoms with Crippen molar-refractivity contribution in [2.45, 2.75) is 78.9 Å². The molecule has 4 heterocycles. The highest BCUT2D eigenvalue weighted by atomic mass is 19.2. The number of esters is 10. The Kier molecular flexibility index (Phi) is 58.3. The first kappa shape index (κ1) is 120. The minimum atomic E-state index is -1.22. The zero-order valence-electron chi connectivity index (χ0n) is 77.3. The van der Waals surface area contributed by atoms with E-state index in [1.54, 1.807) is 97.9 Å². The molecule has 7 aromatic carbocycles. The second-order valence-corrected chi connectivity index (χ2v) is 26.5. The molecule has 138 heavy (non-hydrogen) atoms. The molecule has 0 saturated heterocycles. The van der Waals surface area contributed by atoms with Gasteiger partial charge in [0.1, 0.15) is 34.7 Å². The number of aromatic nitrogens is 4. The van der Waals surface area contributed by atoms with Crippen molar-refractivity contribution in [1.29, 1.82) is 0 Å². The van der Waals surface area contributed by atoms with E-state index in [1.165, 1.54) is 143 Å². The van der Waals surface area contributed by atoms with Gasteiger partial charge in [-0.25, -0.2) is 89.1 Å². The first-order chi connectivity index (χ1) is 65.9. The molecule has 0 bridgehead atoms. The molecule has 11 rings (SSSR count). The van der Waals surface area contributed by atoms with Crippen LogP contribution >= 0.6 is 0 Å². The van der Waals surface area contributed by atoms with Crippen LogP contribution in [0.5, 0.6) is 0 Å². The highest BCUT2D eigenvalue weighted by Gasteiger charge is 2.21. The highest BCUT2D eigenvalue weighted by Crippen LogP contribution is 2.20. The van der Waals surface area contributed by atoms with Gasteiger partial charge in [-0.3, -0.25) is 9.97 Å². The lowest BCUT2D eigenvalue weighted by molar-refractivity contribution is 0.0585. The number of carboxylic acids is 1. The van der Waals surface area contributed by atoms with Crippen LogP contribution in [0.1, 0.15) is 181 Å². The zero-order valence-corrected chi connectivity index (χ0v) is 77.3. The van der Waals surface area contributed by atoms with E-state index in [9.17, 15) is 79.1 Å². The summed E-state index contributed by atoms with van der Waals surface area (Å²) in [7, 11) is 12.6. The lowest BCUT2D eigenvalue weighted by Crippen LogP contribution is -2.09. The maximum atomic E-state index is 13.3. The predicted molar refractivity (Wildman–Crippen MR) is 494 cm³/mol. The molecule has 0 aliphatic carbocycles. The van der Waals surface area contributed by atoms with Gasteiger partial charge in [-0.15, -0.1) is 0 Å². The molecule has 43 heteroatoms. The number of carboxylic acid groups (broad SMARTS) is 1. The third-order valence-corrected chi connectivity index (χ3v) is 17.7. The van der Waals surface area contributed by atoms with Crippen LogP contribution in [0.2, 0.25) is 0 Å². The summed E-state index contributed by atoms with van der Waals surface area (Å²) in [6.07, 6.45) is 3.07. The Hall–Kier alpha value is -15.6. The van der Waals surface area contributed by atoms with E-state index in [4.69, 9.17) is 68.2 Å². The Morgan fingerprint density at radius 1 is 0.261 bits per heavy atom. The van der Waals surface area contributed by atoms with Gasteiger partial charge in [0, 0.05) is 101 Å². The molecule has 740 valence electrons. The molecule has 0 fully saturated rings. The molecule has 11 aromatic rings. The smallest absolute Gasteiger partial charge is 0.356 e. The van der Waals surface area contributed by atoms with Crippen molar-refractivity contribution in [2.75, 3.05) is 71.1 Å². The van der Waals surface area contributed by atoms with E-state index in [0.717, 1.165) is 35.9 Å². The number of aryl methyl sites for hydroxylation is 1. The molecule has 0 atom stereocenters. The number of halogens is 6. The highest BCUT2D eigenvalue weighted by molar-refractivity contribution is 5.94. The van der Waals surface area contributed by atoms with Gasteiger partial charge in [-0.1, -0.05) is 72.8 Å². The summed E-state index contributed by atoms with van der Waals surface area (Å²) in [5.41, 5.74) is 67.7. The number of ether oxygens (including phenoxy) is 10. The maximum absolute atomic E-state index is 13.3. The van der Waals surface area contributed by atoms with E-state index < -0.39 is 88.2 Å². The molecule has 23 N–H and O–H groups in total. The van der Waals surface area contributed by atoms with Crippen molar-refractivity contribution in [1.82, 2.24) is 19.9 Å². The molecule has 0 saturated carbocycles. The average molecular weight is 1930 g/mol. The minimum absolute atomic E-state index is 0.0233. The second-order valence-electron chi connectivity index (χ2n) is 26.5. The summed E-state index contributed by atoms with van der Waals surface area (Å²) in [5, 5.41) is 8.66. The molecule has 0 radical (unpaired) electrons. The number of carbonyl (C=O) groups excluding carboxylic acids is 10. The van der Waals surface area contributed by atoms with Crippen LogP contribution in [0.4, 0.5) is 26.3 Å².